The Kier molecular flexibility index (Phi) is 8.03. The molecule has 0 spiro atoms. The molecule has 0 saturated heterocycles. The third-order valence-corrected chi connectivity index (χ3v) is 3.24. The molecule has 0 radical (unpaired) electrons. The summed E-state index contributed by atoms with van der Waals surface area (Å²) >= 11 is 1.35. The van der Waals surface area contributed by atoms with Gasteiger partial charge in [0, 0.05) is 19.4 Å². The molecule has 21 heavy (non-hydrogen) atoms. The molecule has 118 valence electrons. The zero-order chi connectivity index (χ0) is 15.7. The van der Waals surface area contributed by atoms with Crippen LogP contribution in [0.2, 0.25) is 0 Å². The third-order valence-electron chi connectivity index (χ3n) is 2.35. The van der Waals surface area contributed by atoms with E-state index >= 15 is 0 Å². The number of anilines is 1. The molecule has 1 heterocycles. The van der Waals surface area contributed by atoms with Gasteiger partial charge in [-0.25, -0.2) is 14.8 Å². The normalized spacial score (nSPS) is 10.9. The van der Waals surface area contributed by atoms with E-state index in [-0.39, 0.29) is 24.3 Å². The lowest BCUT2D eigenvalue weighted by Crippen LogP contribution is -2.20. The van der Waals surface area contributed by atoms with Gasteiger partial charge in [-0.3, -0.25) is 0 Å². The van der Waals surface area contributed by atoms with Gasteiger partial charge in [0.2, 0.25) is 0 Å². The molecule has 0 saturated carbocycles. The van der Waals surface area contributed by atoms with E-state index < -0.39 is 5.97 Å². The van der Waals surface area contributed by atoms with Gasteiger partial charge in [-0.15, -0.1) is 0 Å². The Hall–Kier alpha value is -1.38. The van der Waals surface area contributed by atoms with Crippen molar-refractivity contribution >= 4 is 23.5 Å². The van der Waals surface area contributed by atoms with E-state index in [1.807, 2.05) is 13.8 Å². The van der Waals surface area contributed by atoms with Crippen LogP contribution in [0.15, 0.2) is 11.4 Å². The predicted molar refractivity (Wildman–Crippen MR) is 80.2 cm³/mol. The molecule has 0 fully saturated rings. The van der Waals surface area contributed by atoms with E-state index in [4.69, 9.17) is 19.9 Å². The molecule has 0 unspecified atom stereocenters. The molecule has 1 aromatic rings. The number of hydrogen-bond acceptors (Lipinski definition) is 8. The zero-order valence-corrected chi connectivity index (χ0v) is 13.3. The Morgan fingerprint density at radius 3 is 2.48 bits per heavy atom. The second-order valence-corrected chi connectivity index (χ2v) is 4.81. The van der Waals surface area contributed by atoms with Crippen LogP contribution in [-0.4, -0.2) is 47.8 Å². The SMILES string of the molecule is CCOC(=O)c1cnc(SCC(OCC)OCC)nc1N. The van der Waals surface area contributed by atoms with Crippen molar-refractivity contribution in [3.8, 4) is 0 Å². The minimum atomic E-state index is -0.520. The molecule has 0 aliphatic carbocycles. The molecule has 0 aliphatic rings. The minimum Gasteiger partial charge on any atom is -0.462 e. The fourth-order valence-corrected chi connectivity index (χ4v) is 2.24. The van der Waals surface area contributed by atoms with Gasteiger partial charge in [-0.1, -0.05) is 11.8 Å². The van der Waals surface area contributed by atoms with Gasteiger partial charge >= 0.3 is 5.97 Å². The lowest BCUT2D eigenvalue weighted by atomic mass is 10.3. The summed E-state index contributed by atoms with van der Waals surface area (Å²) in [5, 5.41) is 0.463. The minimum absolute atomic E-state index is 0.107. The van der Waals surface area contributed by atoms with Crippen molar-refractivity contribution in [1.82, 2.24) is 9.97 Å². The fraction of sp³-hybridized carbons (Fsp3) is 0.615. The highest BCUT2D eigenvalue weighted by Gasteiger charge is 2.15. The van der Waals surface area contributed by atoms with E-state index in [0.717, 1.165) is 0 Å². The summed E-state index contributed by atoms with van der Waals surface area (Å²) in [6.45, 7) is 6.94. The summed E-state index contributed by atoms with van der Waals surface area (Å²) in [5.74, 6) is 0.128. The molecular weight excluding hydrogens is 294 g/mol. The summed E-state index contributed by atoms with van der Waals surface area (Å²) in [6.07, 6.45) is 1.05. The number of esters is 1. The Bertz CT molecular complexity index is 453. The second kappa shape index (κ2) is 9.54. The first-order chi connectivity index (χ1) is 10.1. The predicted octanol–water partition coefficient (Wildman–Crippen LogP) is 1.73. The summed E-state index contributed by atoms with van der Waals surface area (Å²) in [4.78, 5) is 19.8. The van der Waals surface area contributed by atoms with E-state index in [1.54, 1.807) is 6.92 Å². The maximum absolute atomic E-state index is 11.6. The summed E-state index contributed by atoms with van der Waals surface area (Å²) in [7, 11) is 0. The second-order valence-electron chi connectivity index (χ2n) is 3.82. The molecule has 1 aromatic heterocycles. The molecule has 0 aromatic carbocycles. The number of ether oxygens (including phenoxy) is 3. The van der Waals surface area contributed by atoms with Crippen LogP contribution >= 0.6 is 11.8 Å². The van der Waals surface area contributed by atoms with Crippen LogP contribution in [0, 0.1) is 0 Å². The average Bonchev–Trinajstić information content (AvgIpc) is 2.45. The smallest absolute Gasteiger partial charge is 0.343 e. The lowest BCUT2D eigenvalue weighted by molar-refractivity contribution is -0.120. The Morgan fingerprint density at radius 1 is 1.29 bits per heavy atom. The monoisotopic (exact) mass is 315 g/mol. The Balaban J connectivity index is 2.64. The van der Waals surface area contributed by atoms with Crippen molar-refractivity contribution in [3.63, 3.8) is 0 Å². The van der Waals surface area contributed by atoms with Gasteiger partial charge in [-0.2, -0.15) is 0 Å². The van der Waals surface area contributed by atoms with E-state index in [9.17, 15) is 4.79 Å². The third kappa shape index (κ3) is 5.86. The van der Waals surface area contributed by atoms with E-state index in [0.29, 0.717) is 24.1 Å². The van der Waals surface area contributed by atoms with Crippen LogP contribution in [0.3, 0.4) is 0 Å². The van der Waals surface area contributed by atoms with Gasteiger partial charge in [0.25, 0.3) is 0 Å². The molecule has 8 heteroatoms. The Morgan fingerprint density at radius 2 is 1.95 bits per heavy atom. The van der Waals surface area contributed by atoms with Crippen molar-refractivity contribution in [2.45, 2.75) is 32.2 Å². The van der Waals surface area contributed by atoms with E-state index in [1.165, 1.54) is 18.0 Å². The first kappa shape index (κ1) is 17.7. The van der Waals surface area contributed by atoms with Crippen LogP contribution in [0.1, 0.15) is 31.1 Å². The topological polar surface area (TPSA) is 96.6 Å². The van der Waals surface area contributed by atoms with Crippen LogP contribution in [0.5, 0.6) is 0 Å². The maximum Gasteiger partial charge on any atom is 0.343 e. The quantitative estimate of drug-likeness (QED) is 0.318. The number of carbonyl (C=O) groups is 1. The average molecular weight is 315 g/mol. The van der Waals surface area contributed by atoms with Gasteiger partial charge in [0.05, 0.1) is 12.4 Å². The molecule has 0 bridgehead atoms. The molecule has 0 atom stereocenters. The van der Waals surface area contributed by atoms with Crippen molar-refractivity contribution in [2.24, 2.45) is 0 Å². The van der Waals surface area contributed by atoms with Crippen LogP contribution < -0.4 is 5.73 Å². The summed E-state index contributed by atoms with van der Waals surface area (Å²) in [5.41, 5.74) is 5.92. The number of carbonyl (C=O) groups excluding carboxylic acids is 1. The van der Waals surface area contributed by atoms with Crippen molar-refractivity contribution in [1.29, 1.82) is 0 Å². The molecule has 7 nitrogen and oxygen atoms in total. The van der Waals surface area contributed by atoms with Crippen LogP contribution in [0.25, 0.3) is 0 Å². The first-order valence-electron chi connectivity index (χ1n) is 6.77. The highest BCUT2D eigenvalue weighted by atomic mass is 32.2. The number of hydrogen-bond donors (Lipinski definition) is 1. The molecule has 2 N–H and O–H groups in total. The van der Waals surface area contributed by atoms with Crippen LogP contribution in [0.4, 0.5) is 5.82 Å². The van der Waals surface area contributed by atoms with Gasteiger partial charge < -0.3 is 19.9 Å². The molecule has 0 aliphatic heterocycles. The number of nitrogen functional groups attached to an aromatic ring is 1. The number of nitrogens with two attached hydrogens (primary N) is 1. The highest BCUT2D eigenvalue weighted by Crippen LogP contribution is 2.19. The van der Waals surface area contributed by atoms with Crippen molar-refractivity contribution in [3.05, 3.63) is 11.8 Å². The van der Waals surface area contributed by atoms with E-state index in [2.05, 4.69) is 9.97 Å². The molecule has 0 amide bonds. The van der Waals surface area contributed by atoms with Gasteiger partial charge in [-0.05, 0) is 20.8 Å². The van der Waals surface area contributed by atoms with Gasteiger partial charge in [0.15, 0.2) is 11.4 Å². The van der Waals surface area contributed by atoms with Crippen LogP contribution in [-0.2, 0) is 14.2 Å². The molecular formula is C13H21N3O4S. The molecule has 1 rings (SSSR count). The highest BCUT2D eigenvalue weighted by molar-refractivity contribution is 7.99. The maximum atomic E-state index is 11.6. The summed E-state index contributed by atoms with van der Waals surface area (Å²) in [6, 6.07) is 0. The van der Waals surface area contributed by atoms with Crippen molar-refractivity contribution < 1.29 is 19.0 Å². The zero-order valence-electron chi connectivity index (χ0n) is 12.5. The lowest BCUT2D eigenvalue weighted by Gasteiger charge is -2.15. The van der Waals surface area contributed by atoms with Crippen molar-refractivity contribution in [2.75, 3.05) is 31.3 Å². The standard InChI is InChI=1S/C13H21N3O4S/c1-4-18-10(19-5-2)8-21-13-15-7-9(11(14)16-13)12(17)20-6-3/h7,10H,4-6,8H2,1-3H3,(H2,14,15,16). The number of thioether (sulfide) groups is 1. The van der Waals surface area contributed by atoms with Gasteiger partial charge in [0.1, 0.15) is 11.4 Å². The largest absolute Gasteiger partial charge is 0.462 e. The fourth-order valence-electron chi connectivity index (χ4n) is 1.47. The number of nitrogens with zero attached hydrogens (tertiary/aromatic N) is 2. The Labute approximate surface area is 128 Å². The summed E-state index contributed by atoms with van der Waals surface area (Å²) < 4.78 is 15.7. The number of aromatic nitrogens is 2. The number of rotatable bonds is 9. The first-order valence-corrected chi connectivity index (χ1v) is 7.76.